The molecule has 0 amide bonds. The quantitative estimate of drug-likeness (QED) is 0.892. The van der Waals surface area contributed by atoms with Gasteiger partial charge in [0.25, 0.3) is 0 Å². The summed E-state index contributed by atoms with van der Waals surface area (Å²) in [6.07, 6.45) is 1.91. The van der Waals surface area contributed by atoms with Gasteiger partial charge in [-0.05, 0) is 44.5 Å². The molecule has 4 heteroatoms. The highest BCUT2D eigenvalue weighted by Gasteiger charge is 2.31. The summed E-state index contributed by atoms with van der Waals surface area (Å²) in [7, 11) is 1.90. The van der Waals surface area contributed by atoms with Crippen molar-refractivity contribution in [1.82, 2.24) is 5.32 Å². The second-order valence-electron chi connectivity index (χ2n) is 4.88. The van der Waals surface area contributed by atoms with E-state index in [-0.39, 0.29) is 12.1 Å². The molecule has 1 aliphatic rings. The van der Waals surface area contributed by atoms with E-state index in [1.165, 1.54) is 12.1 Å². The van der Waals surface area contributed by atoms with Crippen molar-refractivity contribution in [1.29, 1.82) is 0 Å². The first-order valence-electron chi connectivity index (χ1n) is 6.34. The highest BCUT2D eigenvalue weighted by molar-refractivity contribution is 5.19. The summed E-state index contributed by atoms with van der Waals surface area (Å²) in [4.78, 5) is 0. The molecule has 2 nitrogen and oxygen atoms in total. The summed E-state index contributed by atoms with van der Waals surface area (Å²) in [5, 5.41) is 3.26. The summed E-state index contributed by atoms with van der Waals surface area (Å²) in [6.45, 7) is 2.84. The second-order valence-corrected chi connectivity index (χ2v) is 4.88. The molecular formula is C14H19F2NO. The Morgan fingerprint density at radius 2 is 2.17 bits per heavy atom. The van der Waals surface area contributed by atoms with E-state index in [1.807, 2.05) is 7.05 Å². The number of benzene rings is 1. The van der Waals surface area contributed by atoms with Crippen molar-refractivity contribution in [3.8, 4) is 0 Å². The van der Waals surface area contributed by atoms with Gasteiger partial charge < -0.3 is 10.1 Å². The number of ether oxygens (including phenoxy) is 1. The van der Waals surface area contributed by atoms with Crippen LogP contribution in [0, 0.1) is 17.6 Å². The summed E-state index contributed by atoms with van der Waals surface area (Å²) in [5.74, 6) is -1.15. The van der Waals surface area contributed by atoms with Crippen molar-refractivity contribution < 1.29 is 13.5 Å². The van der Waals surface area contributed by atoms with Gasteiger partial charge in [0.15, 0.2) is 11.6 Å². The van der Waals surface area contributed by atoms with Crippen LogP contribution in [0.3, 0.4) is 0 Å². The lowest BCUT2D eigenvalue weighted by molar-refractivity contribution is 0.0963. The van der Waals surface area contributed by atoms with Crippen LogP contribution in [-0.2, 0) is 11.2 Å². The van der Waals surface area contributed by atoms with Crippen LogP contribution >= 0.6 is 0 Å². The topological polar surface area (TPSA) is 21.3 Å². The van der Waals surface area contributed by atoms with Gasteiger partial charge in [0, 0.05) is 18.6 Å². The van der Waals surface area contributed by atoms with Crippen molar-refractivity contribution in [3.05, 3.63) is 35.4 Å². The molecule has 0 radical (unpaired) electrons. The maximum atomic E-state index is 13.2. The molecule has 0 bridgehead atoms. The van der Waals surface area contributed by atoms with Crippen LogP contribution in [0.25, 0.3) is 0 Å². The lowest BCUT2D eigenvalue weighted by Gasteiger charge is -2.25. The Morgan fingerprint density at radius 3 is 2.72 bits per heavy atom. The van der Waals surface area contributed by atoms with Gasteiger partial charge >= 0.3 is 0 Å². The van der Waals surface area contributed by atoms with E-state index in [1.54, 1.807) is 6.07 Å². The Bertz CT molecular complexity index is 411. The molecular weight excluding hydrogens is 236 g/mol. The first kappa shape index (κ1) is 13.4. The zero-order valence-corrected chi connectivity index (χ0v) is 10.7. The van der Waals surface area contributed by atoms with Crippen LogP contribution in [0.5, 0.6) is 0 Å². The Morgan fingerprint density at radius 1 is 1.39 bits per heavy atom. The molecule has 0 saturated carbocycles. The van der Waals surface area contributed by atoms with E-state index in [0.717, 1.165) is 18.6 Å². The van der Waals surface area contributed by atoms with Gasteiger partial charge in [0.1, 0.15) is 0 Å². The van der Waals surface area contributed by atoms with Crippen molar-refractivity contribution in [3.63, 3.8) is 0 Å². The Balaban J connectivity index is 2.07. The summed E-state index contributed by atoms with van der Waals surface area (Å²) in [6, 6.07) is 4.34. The molecule has 0 aromatic heterocycles. The van der Waals surface area contributed by atoms with Crippen molar-refractivity contribution in [2.24, 2.45) is 5.92 Å². The lowest BCUT2D eigenvalue weighted by Crippen LogP contribution is -2.38. The van der Waals surface area contributed by atoms with E-state index < -0.39 is 11.6 Å². The predicted octanol–water partition coefficient (Wildman–Crippen LogP) is 2.52. The molecule has 1 aliphatic heterocycles. The fourth-order valence-electron chi connectivity index (χ4n) is 2.66. The van der Waals surface area contributed by atoms with E-state index in [9.17, 15) is 8.78 Å². The van der Waals surface area contributed by atoms with Gasteiger partial charge in [-0.3, -0.25) is 0 Å². The molecule has 1 fully saturated rings. The van der Waals surface area contributed by atoms with Crippen LogP contribution in [0.1, 0.15) is 18.9 Å². The Labute approximate surface area is 106 Å². The van der Waals surface area contributed by atoms with Gasteiger partial charge in [-0.1, -0.05) is 6.07 Å². The van der Waals surface area contributed by atoms with E-state index in [4.69, 9.17) is 4.74 Å². The highest BCUT2D eigenvalue weighted by atomic mass is 19.2. The number of halogens is 2. The van der Waals surface area contributed by atoms with Gasteiger partial charge in [0.05, 0.1) is 6.10 Å². The standard InChI is InChI=1S/C14H19F2NO/c1-9-11(5-6-18-9)14(17-2)8-10-3-4-12(15)13(16)7-10/h3-4,7,9,11,14,17H,5-6,8H2,1-2H3. The second kappa shape index (κ2) is 5.76. The van der Waals surface area contributed by atoms with Gasteiger partial charge in [-0.25, -0.2) is 8.78 Å². The molecule has 100 valence electrons. The molecule has 3 atom stereocenters. The molecule has 0 spiro atoms. The van der Waals surface area contributed by atoms with Crippen LogP contribution in [0.15, 0.2) is 18.2 Å². The average Bonchev–Trinajstić information content (AvgIpc) is 2.77. The number of hydrogen-bond acceptors (Lipinski definition) is 2. The normalized spacial score (nSPS) is 25.3. The first-order chi connectivity index (χ1) is 8.61. The number of rotatable bonds is 4. The zero-order chi connectivity index (χ0) is 13.1. The number of hydrogen-bond donors (Lipinski definition) is 1. The maximum absolute atomic E-state index is 13.2. The number of likely N-dealkylation sites (N-methyl/N-ethyl adjacent to an activating group) is 1. The minimum absolute atomic E-state index is 0.216. The van der Waals surface area contributed by atoms with E-state index in [2.05, 4.69) is 12.2 Å². The summed E-state index contributed by atoms with van der Waals surface area (Å²) in [5.41, 5.74) is 0.812. The Hall–Kier alpha value is -1.00. The predicted molar refractivity (Wildman–Crippen MR) is 66.4 cm³/mol. The van der Waals surface area contributed by atoms with Gasteiger partial charge in [-0.15, -0.1) is 0 Å². The molecule has 2 rings (SSSR count). The average molecular weight is 255 g/mol. The first-order valence-corrected chi connectivity index (χ1v) is 6.34. The Kier molecular flexibility index (Phi) is 4.30. The third-order valence-corrected chi connectivity index (χ3v) is 3.76. The molecule has 1 aromatic carbocycles. The van der Waals surface area contributed by atoms with Crippen LogP contribution in [0.2, 0.25) is 0 Å². The molecule has 1 heterocycles. The summed E-state index contributed by atoms with van der Waals surface area (Å²) < 4.78 is 31.6. The van der Waals surface area contributed by atoms with Gasteiger partial charge in [0.2, 0.25) is 0 Å². The van der Waals surface area contributed by atoms with Crippen LogP contribution in [0.4, 0.5) is 8.78 Å². The van der Waals surface area contributed by atoms with Crippen LogP contribution in [-0.4, -0.2) is 25.8 Å². The molecule has 3 unspecified atom stereocenters. The molecule has 1 saturated heterocycles. The summed E-state index contributed by atoms with van der Waals surface area (Å²) >= 11 is 0. The highest BCUT2D eigenvalue weighted by Crippen LogP contribution is 2.26. The van der Waals surface area contributed by atoms with E-state index >= 15 is 0 Å². The minimum atomic E-state index is -0.794. The molecule has 18 heavy (non-hydrogen) atoms. The largest absolute Gasteiger partial charge is 0.378 e. The molecule has 0 aliphatic carbocycles. The lowest BCUT2D eigenvalue weighted by atomic mass is 9.89. The van der Waals surface area contributed by atoms with E-state index in [0.29, 0.717) is 12.3 Å². The fourth-order valence-corrected chi connectivity index (χ4v) is 2.66. The molecule has 1 aromatic rings. The van der Waals surface area contributed by atoms with Crippen molar-refractivity contribution >= 4 is 0 Å². The van der Waals surface area contributed by atoms with Crippen molar-refractivity contribution in [2.45, 2.75) is 31.9 Å². The maximum Gasteiger partial charge on any atom is 0.159 e. The van der Waals surface area contributed by atoms with Crippen LogP contribution < -0.4 is 5.32 Å². The third kappa shape index (κ3) is 2.87. The zero-order valence-electron chi connectivity index (χ0n) is 10.7. The minimum Gasteiger partial charge on any atom is -0.378 e. The van der Waals surface area contributed by atoms with Gasteiger partial charge in [-0.2, -0.15) is 0 Å². The SMILES string of the molecule is CNC(Cc1ccc(F)c(F)c1)C1CCOC1C. The smallest absolute Gasteiger partial charge is 0.159 e. The third-order valence-electron chi connectivity index (χ3n) is 3.76. The fraction of sp³-hybridized carbons (Fsp3) is 0.571. The van der Waals surface area contributed by atoms with Crippen molar-refractivity contribution in [2.75, 3.05) is 13.7 Å². The molecule has 1 N–H and O–H groups in total. The monoisotopic (exact) mass is 255 g/mol. The number of nitrogens with one attached hydrogen (secondary N) is 1.